The van der Waals surface area contributed by atoms with Crippen LogP contribution in [0.3, 0.4) is 0 Å². The van der Waals surface area contributed by atoms with Crippen LogP contribution in [0.25, 0.3) is 0 Å². The summed E-state index contributed by atoms with van der Waals surface area (Å²) in [4.78, 5) is 0. The summed E-state index contributed by atoms with van der Waals surface area (Å²) in [7, 11) is -2.83. The summed E-state index contributed by atoms with van der Waals surface area (Å²) >= 11 is 0. The number of ether oxygens (including phenoxy) is 1. The van der Waals surface area contributed by atoms with Crippen LogP contribution in [0.2, 0.25) is 45.3 Å². The molecule has 0 aromatic heterocycles. The number of aliphatic hydroxyl groups excluding tert-OH is 2. The lowest BCUT2D eigenvalue weighted by atomic mass is 10.4. The van der Waals surface area contributed by atoms with Crippen LogP contribution >= 0.6 is 0 Å². The highest BCUT2D eigenvalue weighted by atomic mass is 28.4. The fraction of sp³-hybridized carbons (Fsp3) is 1.00. The van der Waals surface area contributed by atoms with Crippen molar-refractivity contribution in [1.82, 2.24) is 0 Å². The Bertz CT molecular complexity index is 244. The van der Waals surface area contributed by atoms with Crippen LogP contribution in [0.4, 0.5) is 0 Å². The maximum absolute atomic E-state index is 8.98. The monoisotopic (exact) mass is 434 g/mol. The number of aliphatic hydroxyl groups is 2. The van der Waals surface area contributed by atoms with E-state index in [1.807, 2.05) is 6.92 Å². The van der Waals surface area contributed by atoms with Crippen LogP contribution in [-0.2, 0) is 13.3 Å². The third kappa shape index (κ3) is 44.2. The van der Waals surface area contributed by atoms with E-state index in [4.69, 9.17) is 23.5 Å². The molecule has 2 N–H and O–H groups in total. The first kappa shape index (κ1) is 41.0. The largest absolute Gasteiger partial charge is 0.461 e. The summed E-state index contributed by atoms with van der Waals surface area (Å²) in [5.41, 5.74) is 0. The zero-order valence-electron chi connectivity index (χ0n) is 15.6. The van der Waals surface area contributed by atoms with Gasteiger partial charge in [-0.3, -0.25) is 0 Å². The number of rotatable bonds is 11. The van der Waals surface area contributed by atoms with Crippen molar-refractivity contribution in [3.8, 4) is 0 Å². The second kappa shape index (κ2) is 23.5. The molecule has 0 saturated heterocycles. The lowest BCUT2D eigenvalue weighted by Crippen LogP contribution is -2.27. The van der Waals surface area contributed by atoms with Crippen LogP contribution < -0.4 is 0 Å². The van der Waals surface area contributed by atoms with E-state index in [9.17, 15) is 0 Å². The van der Waals surface area contributed by atoms with Gasteiger partial charge in [0, 0.05) is 13.2 Å². The van der Waals surface area contributed by atoms with Gasteiger partial charge in [0.05, 0.1) is 13.2 Å². The van der Waals surface area contributed by atoms with Gasteiger partial charge in [0.2, 0.25) is 0 Å². The molecule has 1 unspecified atom stereocenters. The molecule has 1 atom stereocenters. The molecule has 8 heteroatoms. The van der Waals surface area contributed by atoms with Gasteiger partial charge in [0.1, 0.15) is 15.9 Å². The van der Waals surface area contributed by atoms with Crippen molar-refractivity contribution in [2.75, 3.05) is 26.4 Å². The highest BCUT2D eigenvalue weighted by Gasteiger charge is 2.12. The Hall–Kier alpha value is 0.451. The van der Waals surface area contributed by atoms with Gasteiger partial charge in [-0.1, -0.05) is 29.7 Å². The maximum atomic E-state index is 8.98. The summed E-state index contributed by atoms with van der Waals surface area (Å²) in [5, 5.41) is 17.5. The van der Waals surface area contributed by atoms with Crippen molar-refractivity contribution < 1.29 is 23.5 Å². The molecular weight excluding hydrogens is 380 g/mol. The predicted octanol–water partition coefficient (Wildman–Crippen LogP) is 4.50. The molecule has 26 heavy (non-hydrogen) atoms. The molecule has 0 aliphatic rings. The van der Waals surface area contributed by atoms with Gasteiger partial charge >= 0.3 is 0 Å². The average molecular weight is 435 g/mol. The summed E-state index contributed by atoms with van der Waals surface area (Å²) in [6.45, 7) is 16.7. The molecule has 0 fully saturated rings. The Morgan fingerprint density at radius 2 is 1.42 bits per heavy atom. The highest BCUT2D eigenvalue weighted by molar-refractivity contribution is 6.73. The van der Waals surface area contributed by atoms with Gasteiger partial charge in [-0.2, -0.15) is 0 Å². The van der Waals surface area contributed by atoms with Crippen molar-refractivity contribution in [2.45, 2.75) is 94.5 Å². The van der Waals surface area contributed by atoms with Crippen LogP contribution in [-0.4, -0.2) is 69.1 Å². The Labute approximate surface area is 171 Å². The minimum Gasteiger partial charge on any atom is -0.461 e. The highest BCUT2D eigenvalue weighted by Crippen LogP contribution is 2.03. The van der Waals surface area contributed by atoms with Crippen molar-refractivity contribution in [1.29, 1.82) is 0 Å². The van der Waals surface area contributed by atoms with E-state index in [0.717, 1.165) is 19.1 Å². The van der Waals surface area contributed by atoms with Gasteiger partial charge < -0.3 is 23.5 Å². The van der Waals surface area contributed by atoms with E-state index in [1.165, 1.54) is 0 Å². The van der Waals surface area contributed by atoms with E-state index in [0.29, 0.717) is 6.61 Å². The predicted molar refractivity (Wildman–Crippen MR) is 128 cm³/mol. The van der Waals surface area contributed by atoms with E-state index in [2.05, 4.69) is 39.3 Å². The van der Waals surface area contributed by atoms with Crippen molar-refractivity contribution in [3.63, 3.8) is 0 Å². The van der Waals surface area contributed by atoms with E-state index >= 15 is 0 Å². The normalized spacial score (nSPS) is 11.9. The van der Waals surface area contributed by atoms with E-state index < -0.39 is 22.7 Å². The molecule has 0 radical (unpaired) electrons. The fourth-order valence-corrected chi connectivity index (χ4v) is 5.69. The zero-order chi connectivity index (χ0) is 17.6. The third-order valence-corrected chi connectivity index (χ3v) is 8.54. The molecular formula is C18H54O5Si3. The topological polar surface area (TPSA) is 68.2 Å². The Morgan fingerprint density at radius 3 is 1.73 bits per heavy atom. The lowest BCUT2D eigenvalue weighted by molar-refractivity contribution is 0.00648. The first-order valence-electron chi connectivity index (χ1n) is 8.16. The molecule has 0 aliphatic carbocycles. The van der Waals surface area contributed by atoms with E-state index in [1.54, 1.807) is 0 Å². The van der Waals surface area contributed by atoms with Crippen LogP contribution in [0.5, 0.6) is 0 Å². The molecule has 0 bridgehead atoms. The molecule has 0 rings (SSSR count). The smallest absolute Gasteiger partial charge is 0.183 e. The molecule has 5 nitrogen and oxygen atoms in total. The standard InChI is InChI=1S/C9H24O4Si2.C5H14OSi.4CH4/c1-15(2,3)13-14-6-4-5-12-8-9(11)7-10;1-5-6-7(2,3)4;;;;/h9-11H,4-8,14H2,1-3H3;5H2,1-4H3;4*1H4. The minimum absolute atomic E-state index is 0. The Kier molecular flexibility index (Phi) is 37.0. The summed E-state index contributed by atoms with van der Waals surface area (Å²) in [6.07, 6.45) is 0.259. The quantitative estimate of drug-likeness (QED) is 0.370. The third-order valence-electron chi connectivity index (χ3n) is 2.32. The summed E-state index contributed by atoms with van der Waals surface area (Å²) in [6, 6.07) is 1.12. The van der Waals surface area contributed by atoms with Crippen LogP contribution in [0.1, 0.15) is 43.1 Å². The van der Waals surface area contributed by atoms with Crippen molar-refractivity contribution >= 4 is 26.4 Å². The summed E-state index contributed by atoms with van der Waals surface area (Å²) < 4.78 is 16.4. The van der Waals surface area contributed by atoms with Crippen molar-refractivity contribution in [2.24, 2.45) is 0 Å². The molecule has 0 aromatic carbocycles. The van der Waals surface area contributed by atoms with Gasteiger partial charge in [-0.15, -0.1) is 0 Å². The Morgan fingerprint density at radius 1 is 0.923 bits per heavy atom. The molecule has 0 heterocycles. The van der Waals surface area contributed by atoms with Crippen LogP contribution in [0, 0.1) is 0 Å². The molecule has 0 saturated carbocycles. The molecule has 0 aromatic rings. The summed E-state index contributed by atoms with van der Waals surface area (Å²) in [5.74, 6) is 0. The van der Waals surface area contributed by atoms with Gasteiger partial charge in [0.25, 0.3) is 0 Å². The second-order valence-electron chi connectivity index (χ2n) is 7.12. The average Bonchev–Trinajstić information content (AvgIpc) is 2.35. The van der Waals surface area contributed by atoms with Crippen LogP contribution in [0.15, 0.2) is 0 Å². The number of hydrogen-bond acceptors (Lipinski definition) is 5. The first-order valence-corrected chi connectivity index (χ1v) is 16.6. The van der Waals surface area contributed by atoms with Gasteiger partial charge in [-0.05, 0) is 58.7 Å². The first-order chi connectivity index (χ1) is 10.0. The fourth-order valence-electron chi connectivity index (χ4n) is 1.39. The number of hydrogen-bond donors (Lipinski definition) is 2. The Balaban J connectivity index is -0.0000000794. The lowest BCUT2D eigenvalue weighted by Gasteiger charge is -2.17. The molecule has 0 amide bonds. The molecule has 0 spiro atoms. The minimum atomic E-state index is -1.30. The zero-order valence-corrected chi connectivity index (χ0v) is 19.1. The van der Waals surface area contributed by atoms with Gasteiger partial charge in [-0.25, -0.2) is 0 Å². The van der Waals surface area contributed by atoms with Crippen molar-refractivity contribution in [3.05, 3.63) is 0 Å². The SMILES string of the molecule is C.C.C.C.CCO[Si](C)(C)C.C[Si](C)(C)O[SiH2]CCCOCC(O)CO. The van der Waals surface area contributed by atoms with Gasteiger partial charge in [0.15, 0.2) is 16.6 Å². The molecule has 0 aliphatic heterocycles. The molecule has 168 valence electrons. The van der Waals surface area contributed by atoms with E-state index in [-0.39, 0.29) is 52.7 Å². The maximum Gasteiger partial charge on any atom is 0.183 e. The second-order valence-corrected chi connectivity index (χ2v) is 18.1.